The molecule has 0 radical (unpaired) electrons. The van der Waals surface area contributed by atoms with Gasteiger partial charge in [0.25, 0.3) is 0 Å². The van der Waals surface area contributed by atoms with Crippen LogP contribution in [0.3, 0.4) is 0 Å². The Morgan fingerprint density at radius 2 is 1.30 bits per heavy atom. The summed E-state index contributed by atoms with van der Waals surface area (Å²) in [5.74, 6) is 0.634. The van der Waals surface area contributed by atoms with Crippen molar-refractivity contribution in [1.82, 2.24) is 15.4 Å². The maximum atomic E-state index is 4.04. The molecule has 20 heavy (non-hydrogen) atoms. The van der Waals surface area contributed by atoms with E-state index < -0.39 is 0 Å². The van der Waals surface area contributed by atoms with Crippen LogP contribution in [0.4, 0.5) is 22.9 Å². The third-order valence-electron chi connectivity index (χ3n) is 2.73. The Bertz CT molecular complexity index is 610. The lowest BCUT2D eigenvalue weighted by Crippen LogP contribution is -2.02. The van der Waals surface area contributed by atoms with Crippen LogP contribution < -0.4 is 10.6 Å². The summed E-state index contributed by atoms with van der Waals surface area (Å²) in [5, 5.41) is 18.0. The van der Waals surface area contributed by atoms with E-state index in [4.69, 9.17) is 0 Å². The van der Waals surface area contributed by atoms with Crippen LogP contribution in [0.5, 0.6) is 0 Å². The molecule has 1 aromatic heterocycles. The van der Waals surface area contributed by atoms with Crippen molar-refractivity contribution in [1.29, 1.82) is 0 Å². The van der Waals surface area contributed by atoms with Gasteiger partial charge >= 0.3 is 0 Å². The van der Waals surface area contributed by atoms with Crippen LogP contribution in [0.25, 0.3) is 0 Å². The Hall–Kier alpha value is -2.95. The summed E-state index contributed by atoms with van der Waals surface area (Å²) in [4.78, 5) is 0. The molecule has 1 heterocycles. The molecule has 98 valence electrons. The van der Waals surface area contributed by atoms with Crippen LogP contribution >= 0.6 is 0 Å². The Morgan fingerprint density at radius 3 is 1.95 bits per heavy atom. The van der Waals surface area contributed by atoms with Crippen molar-refractivity contribution in [2.45, 2.75) is 0 Å². The average Bonchev–Trinajstić information content (AvgIpc) is 2.51. The van der Waals surface area contributed by atoms with Crippen molar-refractivity contribution in [2.24, 2.45) is 0 Å². The molecular formula is C15H13N5. The minimum atomic E-state index is 0.634. The molecule has 5 nitrogen and oxygen atoms in total. The van der Waals surface area contributed by atoms with Gasteiger partial charge in [0.1, 0.15) is 5.69 Å². The second kappa shape index (κ2) is 5.79. The van der Waals surface area contributed by atoms with Gasteiger partial charge in [0, 0.05) is 11.4 Å². The number of hydrogen-bond donors (Lipinski definition) is 2. The third-order valence-corrected chi connectivity index (χ3v) is 2.73. The fraction of sp³-hybridized carbons (Fsp3) is 0. The molecular weight excluding hydrogens is 250 g/mol. The van der Waals surface area contributed by atoms with Crippen molar-refractivity contribution in [3.63, 3.8) is 0 Å². The number of anilines is 4. The topological polar surface area (TPSA) is 62.7 Å². The standard InChI is InChI=1S/C15H13N5/c1-3-7-12(8-4-1)17-14-11-16-20-19-15(14)18-13-9-5-2-6-10-13/h1-11H,(H,17,20)(H,16,18,19). The third kappa shape index (κ3) is 2.89. The van der Waals surface area contributed by atoms with Crippen molar-refractivity contribution in [3.05, 3.63) is 66.9 Å². The fourth-order valence-corrected chi connectivity index (χ4v) is 1.79. The quantitative estimate of drug-likeness (QED) is 0.755. The zero-order valence-electron chi connectivity index (χ0n) is 10.7. The van der Waals surface area contributed by atoms with Gasteiger partial charge in [0.2, 0.25) is 0 Å². The molecule has 0 aliphatic rings. The van der Waals surface area contributed by atoms with Gasteiger partial charge < -0.3 is 10.6 Å². The molecule has 0 unspecified atom stereocenters. The highest BCUT2D eigenvalue weighted by atomic mass is 15.3. The lowest BCUT2D eigenvalue weighted by Gasteiger charge is -2.11. The van der Waals surface area contributed by atoms with E-state index in [9.17, 15) is 0 Å². The van der Waals surface area contributed by atoms with Crippen LogP contribution in [0.1, 0.15) is 0 Å². The molecule has 0 aliphatic heterocycles. The number of aromatic nitrogens is 3. The van der Waals surface area contributed by atoms with Gasteiger partial charge in [-0.1, -0.05) is 36.4 Å². The molecule has 0 atom stereocenters. The summed E-state index contributed by atoms with van der Waals surface area (Å²) in [6.07, 6.45) is 1.64. The smallest absolute Gasteiger partial charge is 0.180 e. The van der Waals surface area contributed by atoms with Crippen LogP contribution in [0, 0.1) is 0 Å². The average molecular weight is 263 g/mol. The van der Waals surface area contributed by atoms with Gasteiger partial charge in [0.05, 0.1) is 6.20 Å². The SMILES string of the molecule is c1ccc(Nc2cnnnc2Nc2ccccc2)cc1. The van der Waals surface area contributed by atoms with E-state index >= 15 is 0 Å². The van der Waals surface area contributed by atoms with Gasteiger partial charge in [-0.25, -0.2) is 0 Å². The second-order valence-electron chi connectivity index (χ2n) is 4.18. The molecule has 0 aliphatic carbocycles. The monoisotopic (exact) mass is 263 g/mol. The minimum Gasteiger partial charge on any atom is -0.351 e. The Kier molecular flexibility index (Phi) is 3.51. The Morgan fingerprint density at radius 1 is 0.700 bits per heavy atom. The number of nitrogens with zero attached hydrogens (tertiary/aromatic N) is 3. The summed E-state index contributed by atoms with van der Waals surface area (Å²) in [7, 11) is 0. The Labute approximate surface area is 116 Å². The Balaban J connectivity index is 1.85. The van der Waals surface area contributed by atoms with Crippen molar-refractivity contribution in [2.75, 3.05) is 10.6 Å². The number of para-hydroxylation sites is 2. The van der Waals surface area contributed by atoms with E-state index in [1.807, 2.05) is 60.7 Å². The van der Waals surface area contributed by atoms with Crippen molar-refractivity contribution >= 4 is 22.9 Å². The van der Waals surface area contributed by atoms with E-state index in [0.29, 0.717) is 5.82 Å². The molecule has 0 amide bonds. The van der Waals surface area contributed by atoms with Gasteiger partial charge in [-0.15, -0.1) is 10.2 Å². The zero-order chi connectivity index (χ0) is 13.6. The predicted molar refractivity (Wildman–Crippen MR) is 79.3 cm³/mol. The molecule has 5 heteroatoms. The van der Waals surface area contributed by atoms with E-state index in [1.54, 1.807) is 6.20 Å². The molecule has 0 saturated heterocycles. The van der Waals surface area contributed by atoms with E-state index in [0.717, 1.165) is 17.1 Å². The van der Waals surface area contributed by atoms with Gasteiger partial charge in [-0.2, -0.15) is 0 Å². The maximum absolute atomic E-state index is 4.04. The predicted octanol–water partition coefficient (Wildman–Crippen LogP) is 3.36. The summed E-state index contributed by atoms with van der Waals surface area (Å²) in [6.45, 7) is 0. The summed E-state index contributed by atoms with van der Waals surface area (Å²) in [5.41, 5.74) is 2.69. The van der Waals surface area contributed by atoms with Crippen molar-refractivity contribution in [3.8, 4) is 0 Å². The van der Waals surface area contributed by atoms with Gasteiger partial charge in [-0.05, 0) is 29.5 Å². The molecule has 0 fully saturated rings. The highest BCUT2D eigenvalue weighted by Gasteiger charge is 2.05. The maximum Gasteiger partial charge on any atom is 0.180 e. The first-order chi connectivity index (χ1) is 9.92. The van der Waals surface area contributed by atoms with Crippen LogP contribution in [-0.2, 0) is 0 Å². The van der Waals surface area contributed by atoms with Gasteiger partial charge in [-0.3, -0.25) is 0 Å². The number of benzene rings is 2. The van der Waals surface area contributed by atoms with Crippen molar-refractivity contribution < 1.29 is 0 Å². The van der Waals surface area contributed by atoms with Crippen LogP contribution in [-0.4, -0.2) is 15.4 Å². The van der Waals surface area contributed by atoms with E-state index in [-0.39, 0.29) is 0 Å². The molecule has 2 aromatic carbocycles. The van der Waals surface area contributed by atoms with Crippen LogP contribution in [0.15, 0.2) is 66.9 Å². The fourth-order valence-electron chi connectivity index (χ4n) is 1.79. The minimum absolute atomic E-state index is 0.634. The molecule has 3 rings (SSSR count). The van der Waals surface area contributed by atoms with E-state index in [2.05, 4.69) is 26.0 Å². The van der Waals surface area contributed by atoms with Gasteiger partial charge in [0.15, 0.2) is 5.82 Å². The summed E-state index contributed by atoms with van der Waals surface area (Å²) < 4.78 is 0. The molecule has 3 aromatic rings. The van der Waals surface area contributed by atoms with E-state index in [1.165, 1.54) is 0 Å². The first-order valence-electron chi connectivity index (χ1n) is 6.24. The number of nitrogens with one attached hydrogen (secondary N) is 2. The molecule has 0 saturated carbocycles. The highest BCUT2D eigenvalue weighted by Crippen LogP contribution is 2.24. The summed E-state index contributed by atoms with van der Waals surface area (Å²) in [6, 6.07) is 19.7. The summed E-state index contributed by atoms with van der Waals surface area (Å²) >= 11 is 0. The zero-order valence-corrected chi connectivity index (χ0v) is 10.7. The van der Waals surface area contributed by atoms with Crippen LogP contribution in [0.2, 0.25) is 0 Å². The largest absolute Gasteiger partial charge is 0.351 e. The lowest BCUT2D eigenvalue weighted by atomic mass is 10.3. The first-order valence-corrected chi connectivity index (χ1v) is 6.24. The number of hydrogen-bond acceptors (Lipinski definition) is 5. The molecule has 0 bridgehead atoms. The molecule has 0 spiro atoms. The lowest BCUT2D eigenvalue weighted by molar-refractivity contribution is 0.873. The molecule has 2 N–H and O–H groups in total. The highest BCUT2D eigenvalue weighted by molar-refractivity contribution is 5.73. The first kappa shape index (κ1) is 12.1. The second-order valence-corrected chi connectivity index (χ2v) is 4.18. The normalized spacial score (nSPS) is 10.0. The number of rotatable bonds is 4.